The minimum absolute atomic E-state index is 0.0213. The van der Waals surface area contributed by atoms with Crippen molar-refractivity contribution in [3.8, 4) is 11.1 Å². The van der Waals surface area contributed by atoms with E-state index in [4.69, 9.17) is 4.99 Å². The topological polar surface area (TPSA) is 24.4 Å². The van der Waals surface area contributed by atoms with Gasteiger partial charge < -0.3 is 5.32 Å². The van der Waals surface area contributed by atoms with Gasteiger partial charge in [0, 0.05) is 17.0 Å². The van der Waals surface area contributed by atoms with Crippen molar-refractivity contribution >= 4 is 29.3 Å². The third-order valence-electron chi connectivity index (χ3n) is 9.24. The summed E-state index contributed by atoms with van der Waals surface area (Å²) in [5.74, 6) is 1.20. The molecule has 0 radical (unpaired) electrons. The number of fused-ring (bicyclic) bond motifs is 4. The van der Waals surface area contributed by atoms with Crippen molar-refractivity contribution in [1.82, 2.24) is 5.32 Å². The van der Waals surface area contributed by atoms with Crippen LogP contribution in [0.25, 0.3) is 34.5 Å². The maximum atomic E-state index is 5.24. The lowest BCUT2D eigenvalue weighted by atomic mass is 9.79. The summed E-state index contributed by atoms with van der Waals surface area (Å²) in [7, 11) is 0. The monoisotopic (exact) mass is 540 g/mol. The molecule has 2 atom stereocenters. The molecule has 1 heterocycles. The molecule has 0 fully saturated rings. The van der Waals surface area contributed by atoms with Gasteiger partial charge in [0.1, 0.15) is 5.84 Å². The van der Waals surface area contributed by atoms with E-state index in [0.29, 0.717) is 0 Å². The Hall–Kier alpha value is -4.91. The van der Waals surface area contributed by atoms with Crippen LogP contribution in [0.3, 0.4) is 0 Å². The minimum atomic E-state index is -0.0407. The van der Waals surface area contributed by atoms with Gasteiger partial charge in [0.25, 0.3) is 0 Å². The molecule has 0 aromatic heterocycles. The third kappa shape index (κ3) is 3.91. The number of rotatable bonds is 4. The van der Waals surface area contributed by atoms with Crippen LogP contribution >= 0.6 is 0 Å². The van der Waals surface area contributed by atoms with Gasteiger partial charge in [-0.1, -0.05) is 117 Å². The average Bonchev–Trinajstić information content (AvgIpc) is 3.61. The van der Waals surface area contributed by atoms with E-state index in [-0.39, 0.29) is 17.4 Å². The molecule has 4 aromatic carbocycles. The van der Waals surface area contributed by atoms with Crippen molar-refractivity contribution in [1.29, 1.82) is 0 Å². The van der Waals surface area contributed by atoms with Gasteiger partial charge in [0.2, 0.25) is 0 Å². The Morgan fingerprint density at radius 1 is 0.833 bits per heavy atom. The van der Waals surface area contributed by atoms with Crippen LogP contribution in [0, 0.1) is 5.92 Å². The predicted octanol–water partition coefficient (Wildman–Crippen LogP) is 9.38. The highest BCUT2D eigenvalue weighted by Gasteiger charge is 2.38. The normalized spacial score (nSPS) is 20.7. The van der Waals surface area contributed by atoms with Crippen LogP contribution < -0.4 is 5.32 Å². The number of allylic oxidation sites excluding steroid dienone is 3. The second-order valence-electron chi connectivity index (χ2n) is 12.1. The van der Waals surface area contributed by atoms with E-state index >= 15 is 0 Å². The zero-order valence-corrected chi connectivity index (χ0v) is 23.9. The van der Waals surface area contributed by atoms with E-state index in [2.05, 4.69) is 152 Å². The molecular formula is C40H32N2. The first-order chi connectivity index (χ1) is 20.6. The first-order valence-electron chi connectivity index (χ1n) is 14.9. The fourth-order valence-electron chi connectivity index (χ4n) is 7.03. The maximum absolute atomic E-state index is 5.24. The zero-order valence-electron chi connectivity index (χ0n) is 23.9. The largest absolute Gasteiger partial charge is 0.343 e. The van der Waals surface area contributed by atoms with Crippen molar-refractivity contribution in [2.75, 3.05) is 0 Å². The second-order valence-corrected chi connectivity index (χ2v) is 12.1. The lowest BCUT2D eigenvalue weighted by molar-refractivity contribution is 0.660. The molecule has 2 heteroatoms. The first-order valence-corrected chi connectivity index (χ1v) is 14.9. The van der Waals surface area contributed by atoms with Gasteiger partial charge in [-0.25, -0.2) is 0 Å². The Bertz CT molecular complexity index is 1930. The van der Waals surface area contributed by atoms with Crippen LogP contribution in [-0.2, 0) is 5.41 Å². The predicted molar refractivity (Wildman–Crippen MR) is 176 cm³/mol. The number of hydrogen-bond acceptors (Lipinski definition) is 2. The molecule has 0 saturated heterocycles. The molecule has 2 unspecified atom stereocenters. The van der Waals surface area contributed by atoms with Gasteiger partial charge in [-0.05, 0) is 86.4 Å². The second kappa shape index (κ2) is 9.58. The van der Waals surface area contributed by atoms with E-state index in [9.17, 15) is 0 Å². The summed E-state index contributed by atoms with van der Waals surface area (Å²) < 4.78 is 0. The van der Waals surface area contributed by atoms with E-state index < -0.39 is 0 Å². The summed E-state index contributed by atoms with van der Waals surface area (Å²) >= 11 is 0. The molecule has 3 aliphatic carbocycles. The van der Waals surface area contributed by atoms with E-state index in [1.807, 2.05) is 0 Å². The molecule has 2 nitrogen and oxygen atoms in total. The van der Waals surface area contributed by atoms with Crippen LogP contribution in [0.2, 0.25) is 0 Å². The van der Waals surface area contributed by atoms with Gasteiger partial charge in [-0.2, -0.15) is 0 Å². The zero-order chi connectivity index (χ0) is 28.3. The highest BCUT2D eigenvalue weighted by molar-refractivity contribution is 6.01. The summed E-state index contributed by atoms with van der Waals surface area (Å²) in [6.45, 7) is 4.71. The standard InChI is InChI=1S/C40H32N2/c1-40(2)33-19-10-9-17-32(33)38-34(40)24-30-16-11-18-31(30)37(38)28-20-22-29(23-21-28)39-41-35(26-12-5-3-6-13-26)25-36(42-39)27-14-7-4-8-15-27/h3-10,12-22,24-25,29,35H,23H2,1-2H3,(H,41,42). The van der Waals surface area contributed by atoms with Crippen LogP contribution in [0.1, 0.15) is 65.3 Å². The Labute approximate surface area is 247 Å². The molecule has 0 amide bonds. The summed E-state index contributed by atoms with van der Waals surface area (Å²) in [6.07, 6.45) is 14.5. The van der Waals surface area contributed by atoms with Crippen LogP contribution in [-0.4, -0.2) is 5.84 Å². The maximum Gasteiger partial charge on any atom is 0.109 e. The lowest BCUT2D eigenvalue weighted by Crippen LogP contribution is -2.32. The molecular weight excluding hydrogens is 508 g/mol. The van der Waals surface area contributed by atoms with Gasteiger partial charge in [0.15, 0.2) is 0 Å². The Balaban J connectivity index is 1.17. The number of hydrogen-bond donors (Lipinski definition) is 1. The van der Waals surface area contributed by atoms with Crippen LogP contribution in [0.4, 0.5) is 0 Å². The van der Waals surface area contributed by atoms with Gasteiger partial charge in [-0.3, -0.25) is 4.99 Å². The minimum Gasteiger partial charge on any atom is -0.343 e. The van der Waals surface area contributed by atoms with Gasteiger partial charge >= 0.3 is 0 Å². The molecule has 4 aromatic rings. The summed E-state index contributed by atoms with van der Waals surface area (Å²) in [5.41, 5.74) is 17.6. The fourth-order valence-corrected chi connectivity index (χ4v) is 7.03. The Kier molecular flexibility index (Phi) is 5.67. The number of benzene rings is 4. The smallest absolute Gasteiger partial charge is 0.109 e. The third-order valence-corrected chi connectivity index (χ3v) is 9.24. The average molecular weight is 541 g/mol. The highest BCUT2D eigenvalue weighted by Crippen LogP contribution is 2.53. The summed E-state index contributed by atoms with van der Waals surface area (Å²) in [6, 6.07) is 32.5. The van der Waals surface area contributed by atoms with E-state index in [1.54, 1.807) is 0 Å². The molecule has 1 aliphatic heterocycles. The van der Waals surface area contributed by atoms with Crippen molar-refractivity contribution in [3.05, 3.63) is 160 Å². The first kappa shape index (κ1) is 24.9. The molecule has 0 spiro atoms. The van der Waals surface area contributed by atoms with Crippen molar-refractivity contribution in [2.24, 2.45) is 10.9 Å². The molecule has 42 heavy (non-hydrogen) atoms. The Morgan fingerprint density at radius 3 is 2.38 bits per heavy atom. The molecule has 0 bridgehead atoms. The number of amidine groups is 1. The fraction of sp³-hybridized carbons (Fsp3) is 0.150. The molecule has 1 N–H and O–H groups in total. The van der Waals surface area contributed by atoms with Crippen LogP contribution in [0.5, 0.6) is 0 Å². The molecule has 8 rings (SSSR count). The molecule has 4 aliphatic rings. The van der Waals surface area contributed by atoms with Crippen molar-refractivity contribution in [2.45, 2.75) is 31.7 Å². The number of nitrogens with zero attached hydrogens (tertiary/aromatic N) is 1. The van der Waals surface area contributed by atoms with Crippen molar-refractivity contribution in [3.63, 3.8) is 0 Å². The Morgan fingerprint density at radius 2 is 1.60 bits per heavy atom. The SMILES string of the molecule is CC1(C)c2ccccc2-c2c1cc1c(c2C2=CCC(C3=NC(c4ccccc4)C=C(c4ccccc4)N3)C=C2)C=C=C1. The quantitative estimate of drug-likeness (QED) is 0.226. The number of nitrogens with one attached hydrogen (secondary N) is 1. The number of aliphatic imine (C=N–C) groups is 1. The van der Waals surface area contributed by atoms with E-state index in [0.717, 1.165) is 18.0 Å². The van der Waals surface area contributed by atoms with Crippen molar-refractivity contribution < 1.29 is 0 Å². The highest BCUT2D eigenvalue weighted by atomic mass is 15.0. The summed E-state index contributed by atoms with van der Waals surface area (Å²) in [4.78, 5) is 5.24. The van der Waals surface area contributed by atoms with Gasteiger partial charge in [0.05, 0.1) is 6.04 Å². The van der Waals surface area contributed by atoms with Crippen LogP contribution in [0.15, 0.2) is 126 Å². The molecule has 0 saturated carbocycles. The summed E-state index contributed by atoms with van der Waals surface area (Å²) in [5, 5.41) is 3.71. The van der Waals surface area contributed by atoms with Gasteiger partial charge in [-0.15, -0.1) is 5.73 Å². The van der Waals surface area contributed by atoms with E-state index in [1.165, 1.54) is 55.6 Å². The molecule has 202 valence electrons. The lowest BCUT2D eigenvalue weighted by Gasteiger charge is -2.28.